The summed E-state index contributed by atoms with van der Waals surface area (Å²) in [4.78, 5) is 0. The zero-order valence-corrected chi connectivity index (χ0v) is 49.9. The molecule has 0 aliphatic carbocycles. The van der Waals surface area contributed by atoms with E-state index in [1.165, 1.54) is 0 Å². The number of aliphatic hydroxyl groups excluding tert-OH is 40. The van der Waals surface area contributed by atoms with E-state index >= 15 is 0 Å². The predicted molar refractivity (Wildman–Crippen MR) is 288 cm³/mol. The van der Waals surface area contributed by atoms with Crippen LogP contribution in [0.25, 0.3) is 0 Å². The standard InChI is InChI=1S/8C6H12O6/c4*7-1-2(8)5-3(9)4(10)6(11)12-5;4*7-1-2-3(8)4(9)5(10)6(11)12-2/h8*2-11H,1H2/t2-,3+,4+,5-,6+;2-,3+,4+,5-,6-;2-,3+,4-,5-,6+;2-,3+,4-,5-,6-;2*2?,3-,4-,5?,6+;2*2?,3-,4-,5?,6-/m00000000/s1. The van der Waals surface area contributed by atoms with Crippen molar-refractivity contribution in [2.45, 2.75) is 246 Å². The molecule has 48 heteroatoms. The van der Waals surface area contributed by atoms with Crippen molar-refractivity contribution in [2.75, 3.05) is 52.9 Å². The molecule has 0 bridgehead atoms. The van der Waals surface area contributed by atoms with Crippen LogP contribution in [0.1, 0.15) is 0 Å². The average Bonchev–Trinajstić information content (AvgIpc) is 1.87. The maximum absolute atomic E-state index is 9.12. The Bertz CT molecular complexity index is 1730. The van der Waals surface area contributed by atoms with Crippen molar-refractivity contribution in [3.05, 3.63) is 0 Å². The second-order valence-electron chi connectivity index (χ2n) is 21.8. The smallest absolute Gasteiger partial charge is 0.184 e. The Labute approximate surface area is 540 Å². The Morgan fingerprint density at radius 3 is 0.396 bits per heavy atom. The highest BCUT2D eigenvalue weighted by Crippen LogP contribution is 2.27. The fourth-order valence-electron chi connectivity index (χ4n) is 8.76. The molecule has 576 valence electrons. The third kappa shape index (κ3) is 25.2. The van der Waals surface area contributed by atoms with Gasteiger partial charge in [-0.05, 0) is 0 Å². The first-order chi connectivity index (χ1) is 44.6. The zero-order valence-electron chi connectivity index (χ0n) is 49.9. The normalized spacial score (nSPS) is 47.0. The quantitative estimate of drug-likeness (QED) is 0.0863. The molecule has 40 atom stereocenters. The fraction of sp³-hybridized carbons (Fsp3) is 1.00. The predicted octanol–water partition coefficient (Wildman–Crippen LogP) is -25.8. The minimum absolute atomic E-state index is 0.526. The minimum Gasteiger partial charge on any atom is -0.394 e. The molecule has 0 amide bonds. The van der Waals surface area contributed by atoms with E-state index < -0.39 is 299 Å². The van der Waals surface area contributed by atoms with Crippen molar-refractivity contribution in [3.8, 4) is 0 Å². The molecule has 8 aliphatic rings. The Morgan fingerprint density at radius 1 is 0.167 bits per heavy atom. The first kappa shape index (κ1) is 92.1. The number of rotatable bonds is 12. The van der Waals surface area contributed by atoms with Gasteiger partial charge in [0.05, 0.1) is 52.9 Å². The average molecular weight is 1440 g/mol. The number of hydrogen-bond donors (Lipinski definition) is 40. The topological polar surface area (TPSA) is 883 Å². The molecule has 0 radical (unpaired) electrons. The molecule has 0 aromatic heterocycles. The van der Waals surface area contributed by atoms with Crippen LogP contribution in [0.2, 0.25) is 0 Å². The van der Waals surface area contributed by atoms with Crippen LogP contribution in [0.15, 0.2) is 0 Å². The maximum atomic E-state index is 9.12. The monoisotopic (exact) mass is 1440 g/mol. The summed E-state index contributed by atoms with van der Waals surface area (Å²) < 4.78 is 36.6. The number of ether oxygens (including phenoxy) is 8. The lowest BCUT2D eigenvalue weighted by atomic mass is 10.00. The van der Waals surface area contributed by atoms with Gasteiger partial charge in [-0.25, -0.2) is 0 Å². The van der Waals surface area contributed by atoms with Gasteiger partial charge in [0.1, 0.15) is 195 Å². The van der Waals surface area contributed by atoms with Gasteiger partial charge < -0.3 is 242 Å². The second-order valence-corrected chi connectivity index (χ2v) is 21.8. The lowest BCUT2D eigenvalue weighted by molar-refractivity contribution is -0.286. The van der Waals surface area contributed by atoms with Gasteiger partial charge in [0.25, 0.3) is 0 Å². The maximum Gasteiger partial charge on any atom is 0.184 e. The van der Waals surface area contributed by atoms with Gasteiger partial charge in [0.15, 0.2) is 50.3 Å². The molecule has 8 rings (SSSR count). The summed E-state index contributed by atoms with van der Waals surface area (Å²) in [5.41, 5.74) is 0. The van der Waals surface area contributed by atoms with Gasteiger partial charge in [-0.2, -0.15) is 0 Å². The summed E-state index contributed by atoms with van der Waals surface area (Å²) in [6.07, 6.45) is -55.2. The molecule has 48 nitrogen and oxygen atoms in total. The van der Waals surface area contributed by atoms with E-state index in [4.69, 9.17) is 204 Å². The molecule has 8 unspecified atom stereocenters. The first-order valence-electron chi connectivity index (χ1n) is 28.5. The van der Waals surface area contributed by atoms with Gasteiger partial charge in [-0.1, -0.05) is 0 Å². The Hall–Kier alpha value is -1.92. The van der Waals surface area contributed by atoms with E-state index in [1.54, 1.807) is 0 Å². The molecule has 96 heavy (non-hydrogen) atoms. The van der Waals surface area contributed by atoms with Crippen LogP contribution in [-0.4, -0.2) is 503 Å². The van der Waals surface area contributed by atoms with Crippen molar-refractivity contribution in [2.24, 2.45) is 0 Å². The van der Waals surface area contributed by atoms with Gasteiger partial charge in [-0.15, -0.1) is 0 Å². The highest BCUT2D eigenvalue weighted by Gasteiger charge is 2.50. The second kappa shape index (κ2) is 43.9. The van der Waals surface area contributed by atoms with E-state index in [-0.39, 0.29) is 0 Å². The van der Waals surface area contributed by atoms with Gasteiger partial charge in [0.2, 0.25) is 0 Å². The molecule has 0 spiro atoms. The molecule has 0 aromatic carbocycles. The fourth-order valence-corrected chi connectivity index (χ4v) is 8.76. The number of hydrogen-bond acceptors (Lipinski definition) is 48. The highest BCUT2D eigenvalue weighted by atomic mass is 16.7. The van der Waals surface area contributed by atoms with E-state index in [0.717, 1.165) is 0 Å². The van der Waals surface area contributed by atoms with Crippen LogP contribution in [0.4, 0.5) is 0 Å². The molecular formula is C48H96O48. The zero-order chi connectivity index (χ0) is 74.4. The summed E-state index contributed by atoms with van der Waals surface area (Å²) in [5.74, 6) is 0. The Balaban J connectivity index is 0.000000549. The lowest BCUT2D eigenvalue weighted by Gasteiger charge is -2.37. The molecule has 8 heterocycles. The Morgan fingerprint density at radius 2 is 0.292 bits per heavy atom. The minimum atomic E-state index is -1.57. The Kier molecular flexibility index (Phi) is 42.1. The van der Waals surface area contributed by atoms with Crippen molar-refractivity contribution in [1.82, 2.24) is 0 Å². The van der Waals surface area contributed by atoms with Crippen LogP contribution in [-0.2, 0) is 37.9 Å². The van der Waals surface area contributed by atoms with Gasteiger partial charge in [0, 0.05) is 0 Å². The third-order valence-corrected chi connectivity index (χ3v) is 14.8. The van der Waals surface area contributed by atoms with Crippen LogP contribution in [0.3, 0.4) is 0 Å². The summed E-state index contributed by atoms with van der Waals surface area (Å²) in [6.45, 7) is -4.49. The SMILES string of the molecule is OCC1O[C@@H](O)C(O)[C@@H](O)[C@H]1O.OCC1O[C@@H](O)C(O)[C@@H](O)[C@H]1O.OCC1O[C@H](O)C(O)[C@@H](O)[C@H]1O.OCC1O[C@H](O)C(O)[C@@H](O)[C@H]1O.OC[C@H](O)[C@@H]1O[C@@H](O)[C@@H](O)[C@H]1O.OC[C@H](O)[C@@H]1O[C@@H](O)[C@H](O)[C@H]1O.OC[C@H](O)[C@@H]1O[C@H](O)[C@@H](O)[C@H]1O.OC[C@H](O)[C@@H]1O[C@H](O)[C@H](O)[C@H]1O. The van der Waals surface area contributed by atoms with Gasteiger partial charge in [-0.3, -0.25) is 0 Å². The first-order valence-corrected chi connectivity index (χ1v) is 28.5. The molecule has 0 saturated carbocycles. The van der Waals surface area contributed by atoms with E-state index in [1.807, 2.05) is 0 Å². The highest BCUT2D eigenvalue weighted by molar-refractivity contribution is 4.94. The van der Waals surface area contributed by atoms with Crippen LogP contribution in [0.5, 0.6) is 0 Å². The largest absolute Gasteiger partial charge is 0.394 e. The van der Waals surface area contributed by atoms with Crippen molar-refractivity contribution in [3.63, 3.8) is 0 Å². The molecular weight excluding hydrogens is 1340 g/mol. The summed E-state index contributed by atoms with van der Waals surface area (Å²) >= 11 is 0. The molecule has 8 saturated heterocycles. The molecule has 8 aliphatic heterocycles. The van der Waals surface area contributed by atoms with Crippen molar-refractivity contribution >= 4 is 0 Å². The van der Waals surface area contributed by atoms with Crippen LogP contribution >= 0.6 is 0 Å². The number of aliphatic hydroxyl groups is 40. The van der Waals surface area contributed by atoms with E-state index in [2.05, 4.69) is 37.9 Å². The lowest BCUT2D eigenvalue weighted by Crippen LogP contribution is -2.58. The third-order valence-electron chi connectivity index (χ3n) is 14.8. The molecule has 8 fully saturated rings. The molecule has 0 aromatic rings. The summed E-state index contributed by atoms with van der Waals surface area (Å²) in [6, 6.07) is 0. The van der Waals surface area contributed by atoms with Crippen LogP contribution in [0, 0.1) is 0 Å². The van der Waals surface area contributed by atoms with Crippen molar-refractivity contribution in [1.29, 1.82) is 0 Å². The molecule has 40 N–H and O–H groups in total. The van der Waals surface area contributed by atoms with Gasteiger partial charge >= 0.3 is 0 Å². The van der Waals surface area contributed by atoms with E-state index in [9.17, 15) is 0 Å². The van der Waals surface area contributed by atoms with E-state index in [0.29, 0.717) is 0 Å². The van der Waals surface area contributed by atoms with Crippen molar-refractivity contribution < 1.29 is 242 Å². The summed E-state index contributed by atoms with van der Waals surface area (Å²) in [7, 11) is 0. The summed E-state index contributed by atoms with van der Waals surface area (Å²) in [5, 5.41) is 356. The van der Waals surface area contributed by atoms with Crippen LogP contribution < -0.4 is 0 Å².